The molecule has 0 aliphatic rings. The van der Waals surface area contributed by atoms with Gasteiger partial charge in [0.1, 0.15) is 0 Å². The summed E-state index contributed by atoms with van der Waals surface area (Å²) in [5.74, 6) is 0. The largest absolute Gasteiger partial charge is 0.0843 e. The van der Waals surface area contributed by atoms with Crippen LogP contribution in [0.3, 0.4) is 0 Å². The number of hydrogen-bond acceptors (Lipinski definition) is 0. The maximum absolute atomic E-state index is 5.54. The third kappa shape index (κ3) is 2.73. The van der Waals surface area contributed by atoms with Gasteiger partial charge in [-0.25, -0.2) is 0 Å². The Morgan fingerprint density at radius 1 is 1.00 bits per heavy atom. The molecule has 0 N–H and O–H groups in total. The fourth-order valence-electron chi connectivity index (χ4n) is 0.415. The molecule has 0 fully saturated rings. The summed E-state index contributed by atoms with van der Waals surface area (Å²) in [6.45, 7) is 0. The first kappa shape index (κ1) is 8.51. The van der Waals surface area contributed by atoms with E-state index in [9.17, 15) is 0 Å². The number of benzene rings is 1. The Morgan fingerprint density at radius 3 is 1.75 bits per heavy atom. The van der Waals surface area contributed by atoms with Crippen LogP contribution in [0, 0.1) is 0 Å². The molecular formula is C6H5ClNa. The second kappa shape index (κ2) is 4.39. The Bertz CT molecular complexity index is 138. The Labute approximate surface area is 76.1 Å². The Morgan fingerprint density at radius 2 is 1.50 bits per heavy atom. The molecule has 0 saturated carbocycles. The first-order chi connectivity index (χ1) is 3.39. The summed E-state index contributed by atoms with van der Waals surface area (Å²) >= 11 is 5.54. The summed E-state index contributed by atoms with van der Waals surface area (Å²) in [5.41, 5.74) is 0. The number of rotatable bonds is 0. The van der Waals surface area contributed by atoms with Crippen LogP contribution in [-0.2, 0) is 0 Å². The van der Waals surface area contributed by atoms with Crippen LogP contribution in [0.5, 0.6) is 0 Å². The predicted molar refractivity (Wildman–Crippen MR) is 37.2 cm³/mol. The summed E-state index contributed by atoms with van der Waals surface area (Å²) in [6.07, 6.45) is 0. The van der Waals surface area contributed by atoms with Crippen LogP contribution in [0.1, 0.15) is 0 Å². The number of hydrogen-bond donors (Lipinski definition) is 0. The molecule has 2 heteroatoms. The summed E-state index contributed by atoms with van der Waals surface area (Å²) in [7, 11) is 0. The molecular weight excluding hydrogens is 131 g/mol. The zero-order valence-electron chi connectivity index (χ0n) is 4.76. The molecule has 0 atom stereocenters. The summed E-state index contributed by atoms with van der Waals surface area (Å²) < 4.78 is 0. The molecule has 0 unspecified atom stereocenters. The quantitative estimate of drug-likeness (QED) is 0.477. The van der Waals surface area contributed by atoms with Gasteiger partial charge in [0.15, 0.2) is 0 Å². The van der Waals surface area contributed by atoms with Crippen LogP contribution in [0.15, 0.2) is 30.3 Å². The standard InChI is InChI=1S/C6H5Cl.Na/c7-6-4-2-1-3-5-6;/h1-5H;. The van der Waals surface area contributed by atoms with Crippen molar-refractivity contribution in [2.75, 3.05) is 0 Å². The van der Waals surface area contributed by atoms with Gasteiger partial charge in [0.2, 0.25) is 0 Å². The zero-order chi connectivity index (χ0) is 5.11. The molecule has 0 aliphatic carbocycles. The van der Waals surface area contributed by atoms with Crippen molar-refractivity contribution in [2.45, 2.75) is 0 Å². The molecule has 8 heavy (non-hydrogen) atoms. The van der Waals surface area contributed by atoms with E-state index >= 15 is 0 Å². The molecule has 1 aromatic rings. The molecule has 1 aromatic carbocycles. The average Bonchev–Trinajstić information content (AvgIpc) is 1.69. The van der Waals surface area contributed by atoms with Crippen LogP contribution in [0.25, 0.3) is 0 Å². The van der Waals surface area contributed by atoms with Crippen molar-refractivity contribution in [3.63, 3.8) is 0 Å². The van der Waals surface area contributed by atoms with Gasteiger partial charge in [0, 0.05) is 34.6 Å². The van der Waals surface area contributed by atoms with E-state index in [0.29, 0.717) is 0 Å². The predicted octanol–water partition coefficient (Wildman–Crippen LogP) is 1.96. The first-order valence-electron chi connectivity index (χ1n) is 2.10. The fourth-order valence-corrected chi connectivity index (χ4v) is 0.560. The van der Waals surface area contributed by atoms with Gasteiger partial charge in [0.05, 0.1) is 0 Å². The first-order valence-corrected chi connectivity index (χ1v) is 2.48. The van der Waals surface area contributed by atoms with E-state index in [-0.39, 0.29) is 29.6 Å². The van der Waals surface area contributed by atoms with Gasteiger partial charge in [0.25, 0.3) is 0 Å². The Hall–Kier alpha value is 0.510. The van der Waals surface area contributed by atoms with Crippen molar-refractivity contribution in [1.82, 2.24) is 0 Å². The molecule has 0 spiro atoms. The van der Waals surface area contributed by atoms with Crippen molar-refractivity contribution in [1.29, 1.82) is 0 Å². The molecule has 0 nitrogen and oxygen atoms in total. The Balaban J connectivity index is 0.000000490. The second-order valence-corrected chi connectivity index (χ2v) is 1.73. The normalized spacial score (nSPS) is 7.62. The van der Waals surface area contributed by atoms with E-state index in [0.717, 1.165) is 5.02 Å². The third-order valence-corrected chi connectivity index (χ3v) is 0.985. The molecule has 0 aromatic heterocycles. The van der Waals surface area contributed by atoms with Crippen molar-refractivity contribution >= 4 is 41.2 Å². The molecule has 0 bridgehead atoms. The van der Waals surface area contributed by atoms with Gasteiger partial charge >= 0.3 is 0 Å². The van der Waals surface area contributed by atoms with Crippen LogP contribution in [0.4, 0.5) is 0 Å². The van der Waals surface area contributed by atoms with Crippen molar-refractivity contribution in [3.8, 4) is 0 Å². The van der Waals surface area contributed by atoms with Gasteiger partial charge in [-0.05, 0) is 12.1 Å². The third-order valence-electron chi connectivity index (χ3n) is 0.733. The molecule has 0 heterocycles. The van der Waals surface area contributed by atoms with Crippen molar-refractivity contribution < 1.29 is 0 Å². The minimum Gasteiger partial charge on any atom is -0.0843 e. The molecule has 0 amide bonds. The number of halogens is 1. The summed E-state index contributed by atoms with van der Waals surface area (Å²) in [5, 5.41) is 0.794. The maximum atomic E-state index is 5.54. The van der Waals surface area contributed by atoms with E-state index in [2.05, 4.69) is 0 Å². The van der Waals surface area contributed by atoms with Gasteiger partial charge in [-0.15, -0.1) is 0 Å². The van der Waals surface area contributed by atoms with Crippen molar-refractivity contribution in [3.05, 3.63) is 35.4 Å². The molecule has 1 rings (SSSR count). The maximum Gasteiger partial charge on any atom is 0.0405 e. The minimum atomic E-state index is 0. The minimum absolute atomic E-state index is 0. The molecule has 37 valence electrons. The monoisotopic (exact) mass is 135 g/mol. The van der Waals surface area contributed by atoms with Gasteiger partial charge in [-0.2, -0.15) is 0 Å². The fraction of sp³-hybridized carbons (Fsp3) is 0. The van der Waals surface area contributed by atoms with Gasteiger partial charge in [-0.3, -0.25) is 0 Å². The van der Waals surface area contributed by atoms with Gasteiger partial charge < -0.3 is 0 Å². The van der Waals surface area contributed by atoms with Crippen molar-refractivity contribution in [2.24, 2.45) is 0 Å². The van der Waals surface area contributed by atoms with Crippen LogP contribution in [-0.4, -0.2) is 29.6 Å². The van der Waals surface area contributed by atoms with Crippen LogP contribution < -0.4 is 0 Å². The molecule has 0 aliphatic heterocycles. The Kier molecular flexibility index (Phi) is 4.68. The van der Waals surface area contributed by atoms with E-state index in [1.807, 2.05) is 30.3 Å². The SMILES string of the molecule is Clc1ccccc1.[Na]. The average molecular weight is 136 g/mol. The van der Waals surface area contributed by atoms with E-state index in [1.165, 1.54) is 0 Å². The summed E-state index contributed by atoms with van der Waals surface area (Å²) in [6, 6.07) is 9.44. The summed E-state index contributed by atoms with van der Waals surface area (Å²) in [4.78, 5) is 0. The van der Waals surface area contributed by atoms with E-state index in [4.69, 9.17) is 11.6 Å². The second-order valence-electron chi connectivity index (χ2n) is 1.30. The van der Waals surface area contributed by atoms with Crippen LogP contribution in [0.2, 0.25) is 5.02 Å². The smallest absolute Gasteiger partial charge is 0.0405 e. The van der Waals surface area contributed by atoms with E-state index in [1.54, 1.807) is 0 Å². The molecule has 1 radical (unpaired) electrons. The van der Waals surface area contributed by atoms with Gasteiger partial charge in [-0.1, -0.05) is 29.8 Å². The molecule has 0 saturated heterocycles. The zero-order valence-corrected chi connectivity index (χ0v) is 7.52. The topological polar surface area (TPSA) is 0 Å². The van der Waals surface area contributed by atoms with Crippen LogP contribution >= 0.6 is 11.6 Å². The van der Waals surface area contributed by atoms with E-state index < -0.39 is 0 Å².